The first-order chi connectivity index (χ1) is 9.34. The van der Waals surface area contributed by atoms with Crippen LogP contribution in [0.1, 0.15) is 36.9 Å². The molecule has 1 aromatic carbocycles. The third-order valence-electron chi connectivity index (χ3n) is 2.53. The topological polar surface area (TPSA) is 72.5 Å². The van der Waals surface area contributed by atoms with Crippen molar-refractivity contribution in [2.45, 2.75) is 26.4 Å². The number of hydrogen-bond acceptors (Lipinski definition) is 5. The Morgan fingerprint density at radius 2 is 2.00 bits per heavy atom. The van der Waals surface area contributed by atoms with Gasteiger partial charge >= 0.3 is 5.97 Å². The van der Waals surface area contributed by atoms with Gasteiger partial charge in [-0.1, -0.05) is 0 Å². The van der Waals surface area contributed by atoms with Crippen molar-refractivity contribution in [3.63, 3.8) is 0 Å². The minimum absolute atomic E-state index is 0.0864. The summed E-state index contributed by atoms with van der Waals surface area (Å²) >= 11 is 0. The van der Waals surface area contributed by atoms with Crippen LogP contribution in [0.15, 0.2) is 22.6 Å². The molecule has 2 rings (SSSR count). The number of esters is 1. The maximum Gasteiger partial charge on any atom is 0.374 e. The molecule has 0 saturated heterocycles. The summed E-state index contributed by atoms with van der Waals surface area (Å²) in [6.07, 6.45) is 0. The second-order valence-electron chi connectivity index (χ2n) is 5.32. The largest absolute Gasteiger partial charge is 0.493 e. The highest BCUT2D eigenvalue weighted by Gasteiger charge is 2.22. The number of carbonyl (C=O) groups excluding carboxylic acids is 1. The number of hydrogen-bond donors (Lipinski definition) is 0. The molecule has 0 bridgehead atoms. The molecule has 0 amide bonds. The van der Waals surface area contributed by atoms with E-state index in [0.29, 0.717) is 22.3 Å². The third kappa shape index (κ3) is 2.75. The second-order valence-corrected chi connectivity index (χ2v) is 5.32. The molecule has 0 aliphatic heterocycles. The molecule has 0 unspecified atom stereocenters. The highest BCUT2D eigenvalue weighted by molar-refractivity contribution is 5.95. The van der Waals surface area contributed by atoms with Crippen molar-refractivity contribution in [3.05, 3.63) is 29.5 Å². The zero-order chi connectivity index (χ0) is 14.9. The maximum absolute atomic E-state index is 12.0. The Hall–Kier alpha value is -2.48. The van der Waals surface area contributed by atoms with Gasteiger partial charge in [0.2, 0.25) is 5.76 Å². The molecule has 0 aliphatic rings. The Labute approximate surface area is 116 Å². The van der Waals surface area contributed by atoms with E-state index in [-0.39, 0.29) is 5.76 Å². The van der Waals surface area contributed by atoms with Crippen LogP contribution in [0.25, 0.3) is 11.0 Å². The van der Waals surface area contributed by atoms with Crippen LogP contribution in [-0.2, 0) is 4.74 Å². The zero-order valence-corrected chi connectivity index (χ0v) is 11.8. The van der Waals surface area contributed by atoms with Crippen molar-refractivity contribution in [3.8, 4) is 11.8 Å². The molecule has 20 heavy (non-hydrogen) atoms. The van der Waals surface area contributed by atoms with Gasteiger partial charge in [0.25, 0.3) is 0 Å². The lowest BCUT2D eigenvalue weighted by atomic mass is 10.1. The van der Waals surface area contributed by atoms with Crippen LogP contribution in [0.2, 0.25) is 0 Å². The first kappa shape index (κ1) is 13.9. The van der Waals surface area contributed by atoms with E-state index in [1.54, 1.807) is 39.0 Å². The van der Waals surface area contributed by atoms with E-state index in [4.69, 9.17) is 19.2 Å². The van der Waals surface area contributed by atoms with E-state index in [0.717, 1.165) is 0 Å². The van der Waals surface area contributed by atoms with Gasteiger partial charge in [-0.3, -0.25) is 0 Å². The lowest BCUT2D eigenvalue weighted by molar-refractivity contribution is 0.00381. The Balaban J connectivity index is 2.48. The third-order valence-corrected chi connectivity index (χ3v) is 2.53. The van der Waals surface area contributed by atoms with Gasteiger partial charge in [0.1, 0.15) is 5.60 Å². The summed E-state index contributed by atoms with van der Waals surface area (Å²) in [6.45, 7) is 5.34. The Morgan fingerprint density at radius 1 is 1.30 bits per heavy atom. The van der Waals surface area contributed by atoms with Crippen molar-refractivity contribution in [1.82, 2.24) is 0 Å². The highest BCUT2D eigenvalue weighted by atomic mass is 16.6. The molecule has 0 aliphatic carbocycles. The van der Waals surface area contributed by atoms with E-state index < -0.39 is 11.6 Å². The van der Waals surface area contributed by atoms with Crippen molar-refractivity contribution < 1.29 is 18.7 Å². The number of nitrogens with zero attached hydrogens (tertiary/aromatic N) is 1. The number of carbonyl (C=O) groups is 1. The summed E-state index contributed by atoms with van der Waals surface area (Å²) in [5.41, 5.74) is 0.260. The summed E-state index contributed by atoms with van der Waals surface area (Å²) in [5.74, 6) is -0.0496. The van der Waals surface area contributed by atoms with Crippen LogP contribution in [0.5, 0.6) is 5.75 Å². The highest BCUT2D eigenvalue weighted by Crippen LogP contribution is 2.31. The van der Waals surface area contributed by atoms with Crippen LogP contribution >= 0.6 is 0 Å². The van der Waals surface area contributed by atoms with Crippen molar-refractivity contribution >= 4 is 16.9 Å². The predicted molar refractivity (Wildman–Crippen MR) is 72.6 cm³/mol. The Morgan fingerprint density at radius 3 is 2.55 bits per heavy atom. The van der Waals surface area contributed by atoms with Gasteiger partial charge < -0.3 is 13.9 Å². The number of fused-ring (bicyclic) bond motifs is 1. The van der Waals surface area contributed by atoms with E-state index >= 15 is 0 Å². The average molecular weight is 273 g/mol. The van der Waals surface area contributed by atoms with Gasteiger partial charge in [0.15, 0.2) is 11.3 Å². The first-order valence-electron chi connectivity index (χ1n) is 6.09. The molecule has 5 heteroatoms. The predicted octanol–water partition coefficient (Wildman–Crippen LogP) is 3.27. The average Bonchev–Trinajstić information content (AvgIpc) is 2.79. The van der Waals surface area contributed by atoms with Gasteiger partial charge in [-0.15, -0.1) is 0 Å². The quantitative estimate of drug-likeness (QED) is 0.785. The molecule has 0 fully saturated rings. The first-order valence-corrected chi connectivity index (χ1v) is 6.09. The van der Waals surface area contributed by atoms with Crippen LogP contribution < -0.4 is 4.74 Å². The van der Waals surface area contributed by atoms with Gasteiger partial charge in [0, 0.05) is 11.5 Å². The monoisotopic (exact) mass is 273 g/mol. The lowest BCUT2D eigenvalue weighted by Gasteiger charge is -2.18. The number of furan rings is 1. The summed E-state index contributed by atoms with van der Waals surface area (Å²) in [6, 6.07) is 6.78. The number of ether oxygens (including phenoxy) is 2. The van der Waals surface area contributed by atoms with E-state index in [1.165, 1.54) is 7.11 Å². The fraction of sp³-hybridized carbons (Fsp3) is 0.333. The smallest absolute Gasteiger partial charge is 0.374 e. The maximum atomic E-state index is 12.0. The molecule has 0 spiro atoms. The summed E-state index contributed by atoms with van der Waals surface area (Å²) in [4.78, 5) is 12.0. The fourth-order valence-corrected chi connectivity index (χ4v) is 1.77. The van der Waals surface area contributed by atoms with Gasteiger partial charge in [-0.05, 0) is 32.9 Å². The molecule has 0 radical (unpaired) electrons. The number of rotatable bonds is 2. The van der Waals surface area contributed by atoms with Crippen LogP contribution in [-0.4, -0.2) is 18.7 Å². The molecule has 0 saturated carbocycles. The summed E-state index contributed by atoms with van der Waals surface area (Å²) in [5, 5.41) is 9.58. The lowest BCUT2D eigenvalue weighted by Crippen LogP contribution is -2.23. The standard InChI is InChI=1S/C15H15NO4/c1-15(2,3)20-14(17)12-7-10-5-9(8-16)6-11(18-4)13(10)19-12/h5-7H,1-4H3. The van der Waals surface area contributed by atoms with Gasteiger partial charge in [0.05, 0.1) is 18.7 Å². The summed E-state index contributed by atoms with van der Waals surface area (Å²) < 4.78 is 15.9. The normalized spacial score (nSPS) is 11.2. The van der Waals surface area contributed by atoms with Crippen LogP contribution in [0.4, 0.5) is 0 Å². The minimum Gasteiger partial charge on any atom is -0.493 e. The van der Waals surface area contributed by atoms with Crippen LogP contribution in [0, 0.1) is 11.3 Å². The van der Waals surface area contributed by atoms with Gasteiger partial charge in [-0.2, -0.15) is 5.26 Å². The Bertz CT molecular complexity index is 701. The number of benzene rings is 1. The van der Waals surface area contributed by atoms with Gasteiger partial charge in [-0.25, -0.2) is 4.79 Å². The van der Waals surface area contributed by atoms with E-state index in [1.807, 2.05) is 6.07 Å². The van der Waals surface area contributed by atoms with Crippen molar-refractivity contribution in [2.24, 2.45) is 0 Å². The number of methoxy groups -OCH3 is 1. The molecule has 1 heterocycles. The van der Waals surface area contributed by atoms with Crippen molar-refractivity contribution in [2.75, 3.05) is 7.11 Å². The SMILES string of the molecule is COc1cc(C#N)cc2cc(C(=O)OC(C)(C)C)oc12. The molecular weight excluding hydrogens is 258 g/mol. The molecule has 1 aromatic heterocycles. The minimum atomic E-state index is -0.599. The summed E-state index contributed by atoms with van der Waals surface area (Å²) in [7, 11) is 1.48. The molecule has 5 nitrogen and oxygen atoms in total. The molecule has 0 atom stereocenters. The van der Waals surface area contributed by atoms with E-state index in [9.17, 15) is 4.79 Å². The van der Waals surface area contributed by atoms with Crippen LogP contribution in [0.3, 0.4) is 0 Å². The molecular formula is C15H15NO4. The fourth-order valence-electron chi connectivity index (χ4n) is 1.77. The molecule has 2 aromatic rings. The van der Waals surface area contributed by atoms with E-state index in [2.05, 4.69) is 0 Å². The molecule has 0 N–H and O–H groups in total. The Kier molecular flexibility index (Phi) is 3.41. The van der Waals surface area contributed by atoms with Crippen molar-refractivity contribution in [1.29, 1.82) is 5.26 Å². The zero-order valence-electron chi connectivity index (χ0n) is 11.8. The molecule has 104 valence electrons. The number of nitriles is 1. The second kappa shape index (κ2) is 4.89.